The number of rotatable bonds is 11. The summed E-state index contributed by atoms with van der Waals surface area (Å²) in [7, 11) is 2.80. The number of aryl methyl sites for hydroxylation is 1. The molecule has 2 aliphatic carbocycles. The number of pyridine rings is 1. The lowest BCUT2D eigenvalue weighted by molar-refractivity contribution is -0.137. The van der Waals surface area contributed by atoms with Gasteiger partial charge in [0.05, 0.1) is 6.20 Å². The summed E-state index contributed by atoms with van der Waals surface area (Å²) in [5.74, 6) is -2.19. The smallest absolute Gasteiger partial charge is 0.287 e. The molecule has 0 aromatic carbocycles. The molecule has 4 rings (SSSR count). The van der Waals surface area contributed by atoms with Crippen molar-refractivity contribution < 1.29 is 29.7 Å². The molecule has 2 bridgehead atoms. The number of fused-ring (bicyclic) bond motifs is 2. The summed E-state index contributed by atoms with van der Waals surface area (Å²) in [6.45, 7) is -0.204. The average molecular weight is 563 g/mol. The summed E-state index contributed by atoms with van der Waals surface area (Å²) in [6.07, 6.45) is 7.72. The van der Waals surface area contributed by atoms with Crippen molar-refractivity contribution in [1.82, 2.24) is 35.5 Å². The number of nitrogens with one attached hydrogen (secondary N) is 4. The van der Waals surface area contributed by atoms with E-state index in [0.29, 0.717) is 11.8 Å². The van der Waals surface area contributed by atoms with Crippen molar-refractivity contribution in [3.63, 3.8) is 0 Å². The number of anilines is 1. The second kappa shape index (κ2) is 12.7. The number of carbonyl (C=O) groups is 5. The van der Waals surface area contributed by atoms with Gasteiger partial charge in [0.2, 0.25) is 17.6 Å². The number of Topliss-reactive ketones (excluding diaryl/α,β-unsaturated/α-hetero) is 1. The summed E-state index contributed by atoms with van der Waals surface area (Å²) in [5.41, 5.74) is -0.635. The summed E-state index contributed by atoms with van der Waals surface area (Å²) in [6, 6.07) is 1.76. The lowest BCUT2D eigenvalue weighted by atomic mass is 9.89. The van der Waals surface area contributed by atoms with E-state index >= 15 is 0 Å². The fourth-order valence-corrected chi connectivity index (χ4v) is 5.55. The van der Waals surface area contributed by atoms with Crippen LogP contribution >= 0.6 is 0 Å². The molecule has 0 saturated heterocycles. The van der Waals surface area contributed by atoms with Gasteiger partial charge in [-0.15, -0.1) is 5.10 Å². The first-order valence-corrected chi connectivity index (χ1v) is 13.4. The highest BCUT2D eigenvalue weighted by Gasteiger charge is 2.37. The van der Waals surface area contributed by atoms with Gasteiger partial charge in [0, 0.05) is 38.5 Å². The van der Waals surface area contributed by atoms with Crippen LogP contribution in [0.1, 0.15) is 61.1 Å². The zero-order chi connectivity index (χ0) is 28.8. The lowest BCUT2D eigenvalue weighted by Gasteiger charge is -2.22. The van der Waals surface area contributed by atoms with Crippen LogP contribution in [-0.2, 0) is 32.8 Å². The van der Waals surface area contributed by atoms with Gasteiger partial charge in [-0.2, -0.15) is 0 Å². The van der Waals surface area contributed by atoms with Gasteiger partial charge < -0.3 is 25.8 Å². The molecule has 2 heterocycles. The number of likely N-dealkylation sites (N-methyl/N-ethyl adjacent to an activating group) is 1. The average Bonchev–Trinajstić information content (AvgIpc) is 3.48. The van der Waals surface area contributed by atoms with Gasteiger partial charge in [0.1, 0.15) is 24.0 Å². The maximum Gasteiger partial charge on any atom is 0.287 e. The highest BCUT2D eigenvalue weighted by molar-refractivity contribution is 6.36. The van der Waals surface area contributed by atoms with Crippen LogP contribution in [0.2, 0.25) is 0 Å². The molecule has 2 aromatic heterocycles. The van der Waals surface area contributed by atoms with Gasteiger partial charge in [0.25, 0.3) is 17.4 Å². The Morgan fingerprint density at radius 2 is 1.98 bits per heavy atom. The standard InChI is InChI=1S/C26H34N8O6.4H2/c1-27-25(39)21(35)9-8-17(30-24(38)20-13-28-32-33(20)2)23(37)31-18-7-4-10-34(26(18)40)14-22(36)29-19-12-15-5-3-6-16(19)11-15;;;;/h4,7,10,13,15-17,19H,3,5-6,8-9,11-12,14H2,1-2H3,(H,27,39)(H,29,36)(H,30,38)(H,31,37);4*1H/t15?,16?,17-,19+;;;;/m0..../s1. The molecule has 2 unspecified atom stereocenters. The number of ketones is 1. The number of nitrogens with zero attached hydrogens (tertiary/aromatic N) is 4. The molecule has 4 N–H and O–H groups in total. The molecule has 14 nitrogen and oxygen atoms in total. The number of carbonyl (C=O) groups excluding carboxylic acids is 5. The van der Waals surface area contributed by atoms with E-state index in [9.17, 15) is 28.8 Å². The lowest BCUT2D eigenvalue weighted by Crippen LogP contribution is -2.46. The quantitative estimate of drug-likeness (QED) is 0.285. The van der Waals surface area contributed by atoms with Gasteiger partial charge in [-0.1, -0.05) is 18.1 Å². The second-order valence-corrected chi connectivity index (χ2v) is 10.4. The maximum absolute atomic E-state index is 13.2. The highest BCUT2D eigenvalue weighted by Crippen LogP contribution is 2.42. The van der Waals surface area contributed by atoms with E-state index in [1.807, 2.05) is 0 Å². The Morgan fingerprint density at radius 3 is 2.67 bits per heavy atom. The molecule has 2 fully saturated rings. The Kier molecular flexibility index (Phi) is 9.07. The third-order valence-electron chi connectivity index (χ3n) is 7.63. The van der Waals surface area contributed by atoms with E-state index in [0.717, 1.165) is 19.3 Å². The molecule has 2 aliphatic rings. The van der Waals surface area contributed by atoms with Crippen LogP contribution in [-0.4, -0.2) is 68.1 Å². The first kappa shape index (κ1) is 28.6. The van der Waals surface area contributed by atoms with Crippen LogP contribution in [0.25, 0.3) is 0 Å². The topological polar surface area (TPSA) is 186 Å². The first-order valence-electron chi connectivity index (χ1n) is 13.4. The van der Waals surface area contributed by atoms with Gasteiger partial charge >= 0.3 is 0 Å². The predicted molar refractivity (Wildman–Crippen MR) is 150 cm³/mol. The zero-order valence-corrected chi connectivity index (χ0v) is 22.5. The van der Waals surface area contributed by atoms with Crippen molar-refractivity contribution >= 4 is 35.1 Å². The molecule has 14 heteroatoms. The van der Waals surface area contributed by atoms with E-state index < -0.39 is 35.1 Å². The Hall–Kier alpha value is -4.36. The van der Waals surface area contributed by atoms with Gasteiger partial charge in [0.15, 0.2) is 0 Å². The first-order chi connectivity index (χ1) is 19.2. The highest BCUT2D eigenvalue weighted by atomic mass is 16.2. The molecule has 40 heavy (non-hydrogen) atoms. The normalized spacial score (nSPS) is 20.3. The summed E-state index contributed by atoms with van der Waals surface area (Å²) < 4.78 is 2.41. The Bertz CT molecular complexity index is 1370. The van der Waals surface area contributed by atoms with Crippen LogP contribution in [0.4, 0.5) is 5.69 Å². The summed E-state index contributed by atoms with van der Waals surface area (Å²) >= 11 is 0. The SMILES string of the molecule is CNC(=O)C(=O)CC[C@H](NC(=O)c1cnnn1C)C(=O)Nc1cccn(CC(=O)N[C@@H]2CC3CCCC2C3)c1=O.[HH].[HH].[HH].[HH]. The third kappa shape index (κ3) is 6.79. The maximum atomic E-state index is 13.2. The molecular formula is C26H42N8O6. The van der Waals surface area contributed by atoms with Crippen molar-refractivity contribution in [2.45, 2.75) is 63.6 Å². The fraction of sp³-hybridized carbons (Fsp3) is 0.538. The zero-order valence-electron chi connectivity index (χ0n) is 22.5. The van der Waals surface area contributed by atoms with Crippen molar-refractivity contribution in [2.75, 3.05) is 12.4 Å². The van der Waals surface area contributed by atoms with Gasteiger partial charge in [-0.05, 0) is 49.7 Å². The minimum Gasteiger partial charge on any atom is -0.353 e. The van der Waals surface area contributed by atoms with E-state index in [-0.39, 0.29) is 48.4 Å². The second-order valence-electron chi connectivity index (χ2n) is 10.4. The van der Waals surface area contributed by atoms with Crippen LogP contribution in [0.3, 0.4) is 0 Å². The monoisotopic (exact) mass is 562 g/mol. The van der Waals surface area contributed by atoms with E-state index in [2.05, 4.69) is 31.6 Å². The molecular weight excluding hydrogens is 520 g/mol. The largest absolute Gasteiger partial charge is 0.353 e. The number of hydrogen-bond acceptors (Lipinski definition) is 8. The van der Waals surface area contributed by atoms with Crippen molar-refractivity contribution in [2.24, 2.45) is 18.9 Å². The van der Waals surface area contributed by atoms with Crippen LogP contribution in [0.5, 0.6) is 0 Å². The number of hydrogen-bond donors (Lipinski definition) is 4. The summed E-state index contributed by atoms with van der Waals surface area (Å²) in [5, 5.41) is 17.6. The predicted octanol–water partition coefficient (Wildman–Crippen LogP) is 0.488. The van der Waals surface area contributed by atoms with Gasteiger partial charge in [-0.25, -0.2) is 4.68 Å². The molecule has 0 radical (unpaired) electrons. The third-order valence-corrected chi connectivity index (χ3v) is 7.63. The Morgan fingerprint density at radius 1 is 1.18 bits per heavy atom. The van der Waals surface area contributed by atoms with Crippen molar-refractivity contribution in [1.29, 1.82) is 0 Å². The Balaban J connectivity index is 0.00000462. The van der Waals surface area contributed by atoms with Crippen molar-refractivity contribution in [3.8, 4) is 0 Å². The van der Waals surface area contributed by atoms with Gasteiger partial charge in [-0.3, -0.25) is 28.8 Å². The van der Waals surface area contributed by atoms with E-state index in [4.69, 9.17) is 0 Å². The summed E-state index contributed by atoms with van der Waals surface area (Å²) in [4.78, 5) is 75.4. The van der Waals surface area contributed by atoms with Crippen molar-refractivity contribution in [3.05, 3.63) is 40.6 Å². The van der Waals surface area contributed by atoms with Crippen LogP contribution in [0.15, 0.2) is 29.3 Å². The molecule has 222 valence electrons. The molecule has 4 amide bonds. The Labute approximate surface area is 236 Å². The number of amides is 4. The molecule has 2 aromatic rings. The molecule has 0 aliphatic heterocycles. The molecule has 4 atom stereocenters. The van der Waals surface area contributed by atoms with E-state index in [1.165, 1.54) is 60.7 Å². The van der Waals surface area contributed by atoms with E-state index in [1.54, 1.807) is 0 Å². The minimum absolute atomic E-state index is 0. The number of aromatic nitrogens is 4. The molecule has 2 saturated carbocycles. The van der Waals surface area contributed by atoms with Crippen LogP contribution < -0.4 is 26.8 Å². The molecule has 0 spiro atoms. The van der Waals surface area contributed by atoms with Crippen LogP contribution in [0, 0.1) is 11.8 Å². The fourth-order valence-electron chi connectivity index (χ4n) is 5.55. The minimum atomic E-state index is -1.27.